The van der Waals surface area contributed by atoms with E-state index in [2.05, 4.69) is 35.4 Å². The molecule has 4 nitrogen and oxygen atoms in total. The Morgan fingerprint density at radius 3 is 2.32 bits per heavy atom. The van der Waals surface area contributed by atoms with Crippen molar-refractivity contribution >= 4 is 11.8 Å². The van der Waals surface area contributed by atoms with Gasteiger partial charge in [0, 0.05) is 16.4 Å². The molecule has 0 fully saturated rings. The van der Waals surface area contributed by atoms with Crippen molar-refractivity contribution in [2.45, 2.75) is 66.0 Å². The number of carbonyl (C=O) groups is 2. The Bertz CT molecular complexity index is 684. The van der Waals surface area contributed by atoms with Crippen molar-refractivity contribution in [3.63, 3.8) is 0 Å². The molecule has 0 bridgehead atoms. The second-order valence-electron chi connectivity index (χ2n) is 9.42. The zero-order valence-electron chi connectivity index (χ0n) is 18.2. The van der Waals surface area contributed by atoms with Crippen molar-refractivity contribution in [1.29, 1.82) is 0 Å². The first-order chi connectivity index (χ1) is 12.9. The first-order valence-corrected chi connectivity index (χ1v) is 9.83. The van der Waals surface area contributed by atoms with Crippen LogP contribution in [-0.2, 0) is 9.59 Å². The fourth-order valence-electron chi connectivity index (χ4n) is 2.83. The summed E-state index contributed by atoms with van der Waals surface area (Å²) < 4.78 is 0. The molecular formula is C24H36N2O2. The standard InChI is InChI=1S/C24H36N2O2/c1-8-9-15-24(16-13-11-10-12-14-17-24)18-19(20(27)26-23(5,6)7)25-21(28)22(2,3)4/h8-16,19H,1,17-18H2,2-7H3,(H,25,28)(H,26,27)/b11-10-,14-12-,15-9-,16-13+/t19-,24?/m0/s1. The molecule has 28 heavy (non-hydrogen) atoms. The van der Waals surface area contributed by atoms with Crippen molar-refractivity contribution in [2.75, 3.05) is 0 Å². The largest absolute Gasteiger partial charge is 0.350 e. The average molecular weight is 385 g/mol. The number of rotatable bonds is 6. The predicted octanol–water partition coefficient (Wildman–Crippen LogP) is 4.62. The molecule has 0 radical (unpaired) electrons. The van der Waals surface area contributed by atoms with E-state index in [0.29, 0.717) is 6.42 Å². The second kappa shape index (κ2) is 9.72. The highest BCUT2D eigenvalue weighted by Gasteiger charge is 2.35. The molecule has 2 atom stereocenters. The van der Waals surface area contributed by atoms with E-state index < -0.39 is 16.9 Å². The van der Waals surface area contributed by atoms with Gasteiger partial charge >= 0.3 is 0 Å². The highest BCUT2D eigenvalue weighted by molar-refractivity contribution is 5.90. The summed E-state index contributed by atoms with van der Waals surface area (Å²) >= 11 is 0. The third-order valence-electron chi connectivity index (χ3n) is 4.35. The normalized spacial score (nSPS) is 24.5. The van der Waals surface area contributed by atoms with E-state index in [0.717, 1.165) is 6.42 Å². The highest BCUT2D eigenvalue weighted by atomic mass is 16.2. The van der Waals surface area contributed by atoms with Gasteiger partial charge in [-0.1, -0.05) is 82.0 Å². The topological polar surface area (TPSA) is 58.2 Å². The van der Waals surface area contributed by atoms with Gasteiger partial charge in [0.2, 0.25) is 11.8 Å². The fraction of sp³-hybridized carbons (Fsp3) is 0.500. The molecule has 1 rings (SSSR count). The van der Waals surface area contributed by atoms with E-state index in [1.165, 1.54) is 0 Å². The molecule has 0 aliphatic heterocycles. The number of nitrogens with one attached hydrogen (secondary N) is 2. The monoisotopic (exact) mass is 384 g/mol. The van der Waals surface area contributed by atoms with Crippen LogP contribution in [0.2, 0.25) is 0 Å². The summed E-state index contributed by atoms with van der Waals surface area (Å²) in [5, 5.41) is 5.99. The van der Waals surface area contributed by atoms with Crippen molar-refractivity contribution < 1.29 is 9.59 Å². The van der Waals surface area contributed by atoms with Gasteiger partial charge in [-0.15, -0.1) is 0 Å². The summed E-state index contributed by atoms with van der Waals surface area (Å²) in [5.41, 5.74) is -1.37. The van der Waals surface area contributed by atoms with Gasteiger partial charge in [-0.2, -0.15) is 0 Å². The van der Waals surface area contributed by atoms with Gasteiger partial charge in [-0.3, -0.25) is 9.59 Å². The van der Waals surface area contributed by atoms with Crippen LogP contribution in [0.25, 0.3) is 0 Å². The molecule has 0 saturated heterocycles. The summed E-state index contributed by atoms with van der Waals surface area (Å²) in [4.78, 5) is 25.7. The first-order valence-electron chi connectivity index (χ1n) is 9.83. The lowest BCUT2D eigenvalue weighted by Gasteiger charge is -2.34. The number of amides is 2. The Labute approximate surface area is 170 Å². The second-order valence-corrected chi connectivity index (χ2v) is 9.42. The van der Waals surface area contributed by atoms with Crippen molar-refractivity contribution in [3.8, 4) is 0 Å². The molecule has 2 amide bonds. The minimum absolute atomic E-state index is 0.144. The molecule has 2 N–H and O–H groups in total. The fourth-order valence-corrected chi connectivity index (χ4v) is 2.83. The zero-order chi connectivity index (χ0) is 21.4. The number of carbonyl (C=O) groups excluding carboxylic acids is 2. The molecule has 0 aromatic rings. The van der Waals surface area contributed by atoms with Gasteiger partial charge in [0.05, 0.1) is 0 Å². The Morgan fingerprint density at radius 2 is 1.75 bits per heavy atom. The molecular weight excluding hydrogens is 348 g/mol. The van der Waals surface area contributed by atoms with Crippen LogP contribution >= 0.6 is 0 Å². The minimum Gasteiger partial charge on any atom is -0.350 e. The Hall–Kier alpha value is -2.36. The molecule has 0 heterocycles. The molecule has 1 aliphatic rings. The molecule has 4 heteroatoms. The lowest BCUT2D eigenvalue weighted by molar-refractivity contribution is -0.134. The quantitative estimate of drug-likeness (QED) is 0.656. The predicted molar refractivity (Wildman–Crippen MR) is 118 cm³/mol. The van der Waals surface area contributed by atoms with Crippen LogP contribution in [0, 0.1) is 10.8 Å². The van der Waals surface area contributed by atoms with E-state index in [1.807, 2.05) is 71.9 Å². The summed E-state index contributed by atoms with van der Waals surface area (Å²) in [6, 6.07) is -0.651. The number of allylic oxidation sites excluding steroid dienone is 9. The lowest BCUT2D eigenvalue weighted by Crippen LogP contribution is -2.55. The molecule has 1 aliphatic carbocycles. The van der Waals surface area contributed by atoms with E-state index in [4.69, 9.17) is 0 Å². The molecule has 154 valence electrons. The molecule has 0 aromatic heterocycles. The Balaban J connectivity index is 3.26. The van der Waals surface area contributed by atoms with Crippen LogP contribution in [0.3, 0.4) is 0 Å². The van der Waals surface area contributed by atoms with E-state index in [-0.39, 0.29) is 17.4 Å². The van der Waals surface area contributed by atoms with Crippen molar-refractivity contribution in [1.82, 2.24) is 10.6 Å². The van der Waals surface area contributed by atoms with Gasteiger partial charge < -0.3 is 10.6 Å². The van der Waals surface area contributed by atoms with Gasteiger partial charge in [0.1, 0.15) is 6.04 Å². The zero-order valence-corrected chi connectivity index (χ0v) is 18.2. The van der Waals surface area contributed by atoms with Gasteiger partial charge in [0.15, 0.2) is 0 Å². The SMILES string of the molecule is C=C/C=C\C1(C[C@H](NC(=O)C(C)(C)C)C(=O)NC(C)(C)C)/C=C/C=C\C=C/C1. The Kier molecular flexibility index (Phi) is 8.22. The number of hydrogen-bond acceptors (Lipinski definition) is 2. The third kappa shape index (κ3) is 8.12. The van der Waals surface area contributed by atoms with Crippen molar-refractivity contribution in [3.05, 3.63) is 61.3 Å². The molecule has 1 unspecified atom stereocenters. The van der Waals surface area contributed by atoms with Crippen LogP contribution in [0.1, 0.15) is 54.4 Å². The van der Waals surface area contributed by atoms with Crippen molar-refractivity contribution in [2.24, 2.45) is 10.8 Å². The summed E-state index contributed by atoms with van der Waals surface area (Å²) in [6.07, 6.45) is 19.0. The maximum absolute atomic E-state index is 13.0. The van der Waals surface area contributed by atoms with Crippen LogP contribution in [0.4, 0.5) is 0 Å². The highest BCUT2D eigenvalue weighted by Crippen LogP contribution is 2.34. The maximum atomic E-state index is 13.0. The van der Waals surface area contributed by atoms with Crippen LogP contribution < -0.4 is 10.6 Å². The van der Waals surface area contributed by atoms with Crippen LogP contribution in [-0.4, -0.2) is 23.4 Å². The van der Waals surface area contributed by atoms with E-state index in [1.54, 1.807) is 6.08 Å². The first kappa shape index (κ1) is 23.7. The van der Waals surface area contributed by atoms with E-state index >= 15 is 0 Å². The molecule has 0 aromatic carbocycles. The van der Waals surface area contributed by atoms with Crippen LogP contribution in [0.5, 0.6) is 0 Å². The summed E-state index contributed by atoms with van der Waals surface area (Å²) in [7, 11) is 0. The number of hydrogen-bond donors (Lipinski definition) is 2. The summed E-state index contributed by atoms with van der Waals surface area (Å²) in [5.74, 6) is -0.318. The molecule has 0 spiro atoms. The lowest BCUT2D eigenvalue weighted by atomic mass is 9.76. The Morgan fingerprint density at radius 1 is 1.11 bits per heavy atom. The maximum Gasteiger partial charge on any atom is 0.243 e. The van der Waals surface area contributed by atoms with E-state index in [9.17, 15) is 9.59 Å². The van der Waals surface area contributed by atoms with Gasteiger partial charge in [-0.25, -0.2) is 0 Å². The van der Waals surface area contributed by atoms with Gasteiger partial charge in [-0.05, 0) is 33.6 Å². The summed E-state index contributed by atoms with van der Waals surface area (Å²) in [6.45, 7) is 15.1. The minimum atomic E-state index is -0.651. The smallest absolute Gasteiger partial charge is 0.243 e. The van der Waals surface area contributed by atoms with Gasteiger partial charge in [0.25, 0.3) is 0 Å². The average Bonchev–Trinajstić information content (AvgIpc) is 2.52. The molecule has 0 saturated carbocycles. The van der Waals surface area contributed by atoms with Crippen LogP contribution in [0.15, 0.2) is 61.3 Å². The third-order valence-corrected chi connectivity index (χ3v) is 4.35.